The van der Waals surface area contributed by atoms with E-state index in [4.69, 9.17) is 9.47 Å². The average molecular weight is 531 g/mol. The quantitative estimate of drug-likeness (QED) is 0.245. The lowest BCUT2D eigenvalue weighted by Crippen LogP contribution is -2.57. The lowest BCUT2D eigenvalue weighted by Gasteiger charge is -2.50. The average Bonchev–Trinajstić information content (AvgIpc) is 2.82. The minimum atomic E-state index is -1.26. The standard InChI is InChI=1S/C30H58O7/c1-19(2)13-26(36-30(8,18-33)23-11-9-20(3)14-25(23)34)22(5)29(7,17-32)37-27-15-21(4)10-12-24(27)28(6,35)16-31/h19-27,31-35H,9-18H2,1-8H3/t20-,21-,22-,23-,24-,25-,26-,27-,28?,29?,30?/m1/s1. The van der Waals surface area contributed by atoms with Crippen molar-refractivity contribution in [2.45, 2.75) is 135 Å². The highest BCUT2D eigenvalue weighted by Crippen LogP contribution is 2.44. The fourth-order valence-electron chi connectivity index (χ4n) is 6.78. The molecule has 0 heterocycles. The molecule has 2 aliphatic rings. The van der Waals surface area contributed by atoms with Gasteiger partial charge in [0.05, 0.1) is 54.9 Å². The molecule has 2 fully saturated rings. The molecule has 0 aromatic carbocycles. The molecule has 0 amide bonds. The van der Waals surface area contributed by atoms with Crippen LogP contribution in [0.15, 0.2) is 0 Å². The van der Waals surface area contributed by atoms with Crippen LogP contribution in [0.5, 0.6) is 0 Å². The molecule has 37 heavy (non-hydrogen) atoms. The van der Waals surface area contributed by atoms with Crippen molar-refractivity contribution >= 4 is 0 Å². The molecule has 2 saturated carbocycles. The van der Waals surface area contributed by atoms with Crippen LogP contribution in [-0.2, 0) is 9.47 Å². The molecule has 5 N–H and O–H groups in total. The monoisotopic (exact) mass is 530 g/mol. The van der Waals surface area contributed by atoms with Crippen molar-refractivity contribution in [3.05, 3.63) is 0 Å². The van der Waals surface area contributed by atoms with Gasteiger partial charge in [-0.25, -0.2) is 0 Å². The first-order chi connectivity index (χ1) is 17.1. The molecule has 3 unspecified atom stereocenters. The molecule has 0 aromatic heterocycles. The third-order valence-corrected chi connectivity index (χ3v) is 9.73. The Morgan fingerprint density at radius 3 is 1.86 bits per heavy atom. The maximum atomic E-state index is 10.9. The fraction of sp³-hybridized carbons (Fsp3) is 1.00. The molecule has 0 aromatic rings. The molecule has 220 valence electrons. The maximum Gasteiger partial charge on any atom is 0.0940 e. The zero-order valence-electron chi connectivity index (χ0n) is 24.8. The van der Waals surface area contributed by atoms with Crippen LogP contribution in [0.1, 0.15) is 100 Å². The van der Waals surface area contributed by atoms with Crippen molar-refractivity contribution in [2.75, 3.05) is 19.8 Å². The van der Waals surface area contributed by atoms with Crippen LogP contribution >= 0.6 is 0 Å². The highest BCUT2D eigenvalue weighted by molar-refractivity contribution is 4.97. The number of aliphatic hydroxyl groups excluding tert-OH is 4. The Balaban J connectivity index is 2.33. The Hall–Kier alpha value is -0.280. The van der Waals surface area contributed by atoms with Gasteiger partial charge < -0.3 is 35.0 Å². The molecule has 7 nitrogen and oxygen atoms in total. The summed E-state index contributed by atoms with van der Waals surface area (Å²) in [6.07, 6.45) is 4.52. The van der Waals surface area contributed by atoms with Crippen molar-refractivity contribution in [2.24, 2.45) is 35.5 Å². The normalized spacial score (nSPS) is 35.8. The smallest absolute Gasteiger partial charge is 0.0940 e. The molecule has 0 bridgehead atoms. The summed E-state index contributed by atoms with van der Waals surface area (Å²) >= 11 is 0. The second kappa shape index (κ2) is 13.4. The SMILES string of the molecule is CC(C)C[C@@H](OC(C)(CO)[C@@H]1CC[C@@H](C)C[C@H]1O)[C@@H](C)C(C)(CO)O[C@@H]1C[C@H](C)CC[C@H]1C(C)(O)CO. The van der Waals surface area contributed by atoms with Gasteiger partial charge in [0.15, 0.2) is 0 Å². The van der Waals surface area contributed by atoms with Gasteiger partial charge in [0.1, 0.15) is 0 Å². The van der Waals surface area contributed by atoms with E-state index in [1.165, 1.54) is 0 Å². The van der Waals surface area contributed by atoms with Crippen LogP contribution in [0, 0.1) is 35.5 Å². The molecule has 0 radical (unpaired) electrons. The summed E-state index contributed by atoms with van der Waals surface area (Å²) in [6.45, 7) is 15.3. The molecule has 0 spiro atoms. The van der Waals surface area contributed by atoms with Crippen molar-refractivity contribution in [3.8, 4) is 0 Å². The van der Waals surface area contributed by atoms with Crippen LogP contribution in [-0.4, -0.2) is 80.5 Å². The van der Waals surface area contributed by atoms with E-state index in [0.717, 1.165) is 32.1 Å². The molecule has 11 atom stereocenters. The molecular weight excluding hydrogens is 472 g/mol. The number of ether oxygens (including phenoxy) is 2. The minimum Gasteiger partial charge on any atom is -0.393 e. The van der Waals surface area contributed by atoms with E-state index >= 15 is 0 Å². The van der Waals surface area contributed by atoms with E-state index < -0.39 is 22.9 Å². The van der Waals surface area contributed by atoms with E-state index in [1.54, 1.807) is 6.92 Å². The second-order valence-corrected chi connectivity index (χ2v) is 13.8. The Labute approximate surface area is 226 Å². The first kappa shape index (κ1) is 32.9. The summed E-state index contributed by atoms with van der Waals surface area (Å²) in [4.78, 5) is 0. The Bertz CT molecular complexity index is 685. The van der Waals surface area contributed by atoms with Gasteiger partial charge in [0.2, 0.25) is 0 Å². The summed E-state index contributed by atoms with van der Waals surface area (Å²) < 4.78 is 13.5. The second-order valence-electron chi connectivity index (χ2n) is 13.8. The first-order valence-electron chi connectivity index (χ1n) is 14.7. The molecule has 0 saturated heterocycles. The molecule has 2 aliphatic carbocycles. The molecule has 7 heteroatoms. The van der Waals surface area contributed by atoms with Gasteiger partial charge in [-0.2, -0.15) is 0 Å². The minimum absolute atomic E-state index is 0.167. The molecule has 2 rings (SSSR count). The first-order valence-corrected chi connectivity index (χ1v) is 14.7. The summed E-state index contributed by atoms with van der Waals surface area (Å²) in [6, 6.07) is 0. The number of hydrogen-bond donors (Lipinski definition) is 5. The fourth-order valence-corrected chi connectivity index (χ4v) is 6.78. The van der Waals surface area contributed by atoms with Crippen LogP contribution in [0.4, 0.5) is 0 Å². The summed E-state index contributed by atoms with van der Waals surface area (Å²) in [5.41, 5.74) is -3.13. The number of hydrogen-bond acceptors (Lipinski definition) is 7. The predicted molar refractivity (Wildman–Crippen MR) is 146 cm³/mol. The Morgan fingerprint density at radius 2 is 1.38 bits per heavy atom. The largest absolute Gasteiger partial charge is 0.393 e. The summed E-state index contributed by atoms with van der Waals surface area (Å²) in [5, 5.41) is 52.9. The van der Waals surface area contributed by atoms with Crippen molar-refractivity contribution in [3.63, 3.8) is 0 Å². The number of aliphatic hydroxyl groups is 5. The van der Waals surface area contributed by atoms with Crippen molar-refractivity contribution in [1.82, 2.24) is 0 Å². The Kier molecular flexibility index (Phi) is 11.9. The van der Waals surface area contributed by atoms with Crippen LogP contribution in [0.3, 0.4) is 0 Å². The summed E-state index contributed by atoms with van der Waals surface area (Å²) in [7, 11) is 0. The van der Waals surface area contributed by atoms with Crippen LogP contribution in [0.25, 0.3) is 0 Å². The zero-order chi connectivity index (χ0) is 28.2. The molecule has 0 aliphatic heterocycles. The summed E-state index contributed by atoms with van der Waals surface area (Å²) in [5.74, 6) is 0.546. The van der Waals surface area contributed by atoms with Gasteiger partial charge in [-0.05, 0) is 70.6 Å². The maximum absolute atomic E-state index is 10.9. The highest BCUT2D eigenvalue weighted by Gasteiger charge is 2.49. The van der Waals surface area contributed by atoms with Gasteiger partial charge in [-0.15, -0.1) is 0 Å². The van der Waals surface area contributed by atoms with E-state index in [0.29, 0.717) is 30.6 Å². The van der Waals surface area contributed by atoms with E-state index in [-0.39, 0.29) is 49.8 Å². The van der Waals surface area contributed by atoms with Crippen molar-refractivity contribution < 1.29 is 35.0 Å². The lowest BCUT2D eigenvalue weighted by atomic mass is 9.71. The Morgan fingerprint density at radius 1 is 0.811 bits per heavy atom. The van der Waals surface area contributed by atoms with Gasteiger partial charge in [-0.1, -0.05) is 47.5 Å². The predicted octanol–water partition coefficient (Wildman–Crippen LogP) is 3.92. The number of rotatable bonds is 13. The highest BCUT2D eigenvalue weighted by atomic mass is 16.5. The topological polar surface area (TPSA) is 120 Å². The van der Waals surface area contributed by atoms with Gasteiger partial charge in [-0.3, -0.25) is 0 Å². The van der Waals surface area contributed by atoms with Gasteiger partial charge in [0.25, 0.3) is 0 Å². The van der Waals surface area contributed by atoms with Crippen LogP contribution in [0.2, 0.25) is 0 Å². The van der Waals surface area contributed by atoms with E-state index in [2.05, 4.69) is 27.7 Å². The molecular formula is C30H58O7. The zero-order valence-corrected chi connectivity index (χ0v) is 24.8. The van der Waals surface area contributed by atoms with Gasteiger partial charge >= 0.3 is 0 Å². The lowest BCUT2D eigenvalue weighted by molar-refractivity contribution is -0.237. The van der Waals surface area contributed by atoms with Crippen LogP contribution < -0.4 is 0 Å². The van der Waals surface area contributed by atoms with E-state index in [1.807, 2.05) is 20.8 Å². The van der Waals surface area contributed by atoms with Crippen molar-refractivity contribution in [1.29, 1.82) is 0 Å². The van der Waals surface area contributed by atoms with E-state index in [9.17, 15) is 25.5 Å². The third-order valence-electron chi connectivity index (χ3n) is 9.73. The third kappa shape index (κ3) is 8.12. The van der Waals surface area contributed by atoms with Gasteiger partial charge in [0, 0.05) is 17.8 Å².